The molecule has 0 radical (unpaired) electrons. The van der Waals surface area contributed by atoms with Crippen molar-refractivity contribution in [1.29, 1.82) is 0 Å². The minimum atomic E-state index is -4.30. The molecule has 0 spiro atoms. The molecule has 346 valence electrons. The molecule has 9 heteroatoms. The molecule has 0 saturated heterocycles. The Bertz CT molecular complexity index is 1190. The molecule has 0 saturated carbocycles. The topological polar surface area (TPSA) is 117 Å². The summed E-state index contributed by atoms with van der Waals surface area (Å²) in [5.74, 6) is -0.354. The summed E-state index contributed by atoms with van der Waals surface area (Å²) >= 11 is 0. The zero-order valence-corrected chi connectivity index (χ0v) is 39.3. The van der Waals surface area contributed by atoms with Gasteiger partial charge in [-0.25, -0.2) is 4.57 Å². The summed E-state index contributed by atoms with van der Waals surface area (Å²) in [6, 6.07) is 0. The number of carbonyl (C=O) groups is 1. The maximum absolute atomic E-state index is 12.6. The van der Waals surface area contributed by atoms with Crippen molar-refractivity contribution in [3.63, 3.8) is 0 Å². The Morgan fingerprint density at radius 2 is 0.933 bits per heavy atom. The maximum Gasteiger partial charge on any atom is 0.472 e. The number of unbranched alkanes of at least 4 members (excludes halogenated alkanes) is 18. The second-order valence-corrected chi connectivity index (χ2v) is 17.0. The summed E-state index contributed by atoms with van der Waals surface area (Å²) in [4.78, 5) is 22.6. The quantitative estimate of drug-likeness (QED) is 0.0269. The number of phosphoric acid groups is 1. The van der Waals surface area contributed by atoms with Crippen LogP contribution in [-0.2, 0) is 27.9 Å². The second-order valence-electron chi connectivity index (χ2n) is 15.6. The van der Waals surface area contributed by atoms with Gasteiger partial charge >= 0.3 is 13.8 Å². The number of allylic oxidation sites excluding steroid dienone is 14. The van der Waals surface area contributed by atoms with Gasteiger partial charge in [0.25, 0.3) is 0 Å². The van der Waals surface area contributed by atoms with Crippen molar-refractivity contribution < 1.29 is 32.8 Å². The van der Waals surface area contributed by atoms with Crippen LogP contribution in [0.15, 0.2) is 85.1 Å². The fraction of sp³-hybridized carbons (Fsp3) is 0.706. The summed E-state index contributed by atoms with van der Waals surface area (Å²) in [5.41, 5.74) is 5.38. The molecule has 0 amide bonds. The van der Waals surface area contributed by atoms with Gasteiger partial charge in [-0.05, 0) is 83.5 Å². The van der Waals surface area contributed by atoms with Crippen molar-refractivity contribution in [3.05, 3.63) is 85.1 Å². The number of esters is 1. The van der Waals surface area contributed by atoms with Crippen molar-refractivity contribution >= 4 is 13.8 Å². The Hall–Kier alpha value is -2.32. The molecule has 2 atom stereocenters. The number of carbonyl (C=O) groups excluding carboxylic acids is 1. The molecule has 0 fully saturated rings. The van der Waals surface area contributed by atoms with E-state index >= 15 is 0 Å². The molecule has 0 bridgehead atoms. The van der Waals surface area contributed by atoms with Crippen LogP contribution in [0.25, 0.3) is 0 Å². The predicted molar refractivity (Wildman–Crippen MR) is 256 cm³/mol. The number of hydrogen-bond acceptors (Lipinski definition) is 7. The zero-order chi connectivity index (χ0) is 43.7. The van der Waals surface area contributed by atoms with Crippen LogP contribution in [0.5, 0.6) is 0 Å². The number of phosphoric ester groups is 1. The Kier molecular flexibility index (Phi) is 45.9. The first-order valence-electron chi connectivity index (χ1n) is 24.1. The van der Waals surface area contributed by atoms with E-state index in [2.05, 4.69) is 98.9 Å². The third kappa shape index (κ3) is 46.7. The molecule has 0 aliphatic carbocycles. The Morgan fingerprint density at radius 1 is 0.517 bits per heavy atom. The molecule has 0 aliphatic rings. The third-order valence-corrected chi connectivity index (χ3v) is 10.8. The lowest BCUT2D eigenvalue weighted by Gasteiger charge is -2.20. The largest absolute Gasteiger partial charge is 0.472 e. The molecule has 0 rings (SSSR count). The SMILES string of the molecule is CC/C=C\C/C=C\C/C=C\C/C=C\C/C=C\C/C=C\CCCOCC(COP(=O)(O)OCCN)OC(=O)CCCCCCCCCCC/C=C\CCCCCCCCCC. The van der Waals surface area contributed by atoms with Crippen LogP contribution in [0.3, 0.4) is 0 Å². The smallest absolute Gasteiger partial charge is 0.457 e. The van der Waals surface area contributed by atoms with E-state index in [1.165, 1.54) is 103 Å². The molecular formula is C51H90NO7P. The Balaban J connectivity index is 4.09. The van der Waals surface area contributed by atoms with Gasteiger partial charge in [0.2, 0.25) is 0 Å². The van der Waals surface area contributed by atoms with Gasteiger partial charge in [-0.1, -0.05) is 189 Å². The molecule has 3 N–H and O–H groups in total. The first-order chi connectivity index (χ1) is 29.4. The highest BCUT2D eigenvalue weighted by molar-refractivity contribution is 7.47. The number of nitrogens with two attached hydrogens (primary N) is 1. The molecule has 8 nitrogen and oxygen atoms in total. The summed E-state index contributed by atoms with van der Waals surface area (Å²) in [5, 5.41) is 0. The van der Waals surface area contributed by atoms with Gasteiger partial charge in [0.1, 0.15) is 6.10 Å². The Labute approximate surface area is 368 Å². The zero-order valence-electron chi connectivity index (χ0n) is 38.4. The third-order valence-electron chi connectivity index (χ3n) is 9.80. The first-order valence-corrected chi connectivity index (χ1v) is 25.6. The van der Waals surface area contributed by atoms with Gasteiger partial charge in [-0.3, -0.25) is 13.8 Å². The van der Waals surface area contributed by atoms with E-state index in [0.717, 1.165) is 70.6 Å². The molecule has 0 aliphatic heterocycles. The standard InChI is InChI=1S/C51H90NO7P/c1-3-5-7-9-11-13-15-17-19-21-23-25-26-28-30-32-34-36-38-40-42-44-51(53)59-50(49-58-60(54,55)57-47-45-52)48-56-46-43-41-39-37-35-33-31-29-27-24-22-20-18-16-14-12-10-8-6-4-2/h6,8,12,14,18,20-21,23-24,27,31,33,37,39,50H,3-5,7,9-11,13,15-17,19,22,25-26,28-30,32,34-36,38,40-49,52H2,1-2H3,(H,54,55)/b8-6-,14-12-,20-18-,23-21-,27-24-,33-31-,39-37-. The number of rotatable bonds is 45. The average Bonchev–Trinajstić information content (AvgIpc) is 3.24. The predicted octanol–water partition coefficient (Wildman–Crippen LogP) is 14.9. The van der Waals surface area contributed by atoms with E-state index in [1.807, 2.05) is 0 Å². The van der Waals surface area contributed by atoms with E-state index in [9.17, 15) is 14.3 Å². The lowest BCUT2D eigenvalue weighted by atomic mass is 10.1. The highest BCUT2D eigenvalue weighted by Crippen LogP contribution is 2.43. The minimum absolute atomic E-state index is 0.0714. The normalized spacial score (nSPS) is 14.1. The van der Waals surface area contributed by atoms with Crippen LogP contribution in [-0.4, -0.2) is 49.9 Å². The van der Waals surface area contributed by atoms with E-state index in [1.54, 1.807) is 0 Å². The lowest BCUT2D eigenvalue weighted by Crippen LogP contribution is -2.28. The molecule has 2 unspecified atom stereocenters. The molecular weight excluding hydrogens is 770 g/mol. The average molecular weight is 860 g/mol. The van der Waals surface area contributed by atoms with Crippen molar-refractivity contribution in [2.24, 2.45) is 5.73 Å². The summed E-state index contributed by atoms with van der Waals surface area (Å²) in [7, 11) is -4.30. The van der Waals surface area contributed by atoms with Gasteiger partial charge in [0, 0.05) is 19.6 Å². The maximum atomic E-state index is 12.6. The van der Waals surface area contributed by atoms with Gasteiger partial charge in [0.05, 0.1) is 19.8 Å². The van der Waals surface area contributed by atoms with Gasteiger partial charge in [-0.2, -0.15) is 0 Å². The molecule has 60 heavy (non-hydrogen) atoms. The van der Waals surface area contributed by atoms with Crippen molar-refractivity contribution in [2.45, 2.75) is 200 Å². The van der Waals surface area contributed by atoms with Gasteiger partial charge in [-0.15, -0.1) is 0 Å². The van der Waals surface area contributed by atoms with E-state index in [4.69, 9.17) is 24.3 Å². The molecule has 0 aromatic heterocycles. The molecule has 0 aromatic carbocycles. The first kappa shape index (κ1) is 57.7. The van der Waals surface area contributed by atoms with Crippen LogP contribution < -0.4 is 5.73 Å². The number of hydrogen-bond donors (Lipinski definition) is 2. The van der Waals surface area contributed by atoms with Crippen molar-refractivity contribution in [3.8, 4) is 0 Å². The second kappa shape index (κ2) is 47.7. The lowest BCUT2D eigenvalue weighted by molar-refractivity contribution is -0.154. The summed E-state index contributed by atoms with van der Waals surface area (Å²) < 4.78 is 33.4. The van der Waals surface area contributed by atoms with E-state index < -0.39 is 13.9 Å². The van der Waals surface area contributed by atoms with Crippen molar-refractivity contribution in [2.75, 3.05) is 33.0 Å². The highest BCUT2D eigenvalue weighted by atomic mass is 31.2. The van der Waals surface area contributed by atoms with Crippen LogP contribution in [0.2, 0.25) is 0 Å². The van der Waals surface area contributed by atoms with Crippen LogP contribution in [0, 0.1) is 0 Å². The van der Waals surface area contributed by atoms with Gasteiger partial charge in [0.15, 0.2) is 0 Å². The highest BCUT2D eigenvalue weighted by Gasteiger charge is 2.25. The van der Waals surface area contributed by atoms with E-state index in [0.29, 0.717) is 13.0 Å². The number of ether oxygens (including phenoxy) is 2. The fourth-order valence-electron chi connectivity index (χ4n) is 6.30. The van der Waals surface area contributed by atoms with Crippen LogP contribution in [0.4, 0.5) is 0 Å². The molecule has 0 aromatic rings. The van der Waals surface area contributed by atoms with Gasteiger partial charge < -0.3 is 20.1 Å². The minimum Gasteiger partial charge on any atom is -0.457 e. The van der Waals surface area contributed by atoms with Crippen molar-refractivity contribution in [1.82, 2.24) is 0 Å². The summed E-state index contributed by atoms with van der Waals surface area (Å²) in [6.07, 6.45) is 61.9. The van der Waals surface area contributed by atoms with E-state index in [-0.39, 0.29) is 32.3 Å². The van der Waals surface area contributed by atoms with Crippen LogP contribution in [0.1, 0.15) is 194 Å². The monoisotopic (exact) mass is 860 g/mol. The summed E-state index contributed by atoms with van der Waals surface area (Å²) in [6.45, 7) is 4.64. The Morgan fingerprint density at radius 3 is 1.42 bits per heavy atom. The van der Waals surface area contributed by atoms with Crippen LogP contribution >= 0.6 is 7.82 Å². The molecule has 0 heterocycles. The fourth-order valence-corrected chi connectivity index (χ4v) is 7.07.